The topological polar surface area (TPSA) is 92.4 Å². The highest BCUT2D eigenvalue weighted by atomic mass is 19.1. The molecule has 170 valence electrons. The van der Waals surface area contributed by atoms with Gasteiger partial charge in [-0.2, -0.15) is 0 Å². The van der Waals surface area contributed by atoms with E-state index in [1.807, 2.05) is 36.0 Å². The zero-order valence-corrected chi connectivity index (χ0v) is 18.7. The number of hydrogen-bond donors (Lipinski definition) is 1. The van der Waals surface area contributed by atoms with E-state index < -0.39 is 5.91 Å². The van der Waals surface area contributed by atoms with Crippen molar-refractivity contribution in [3.8, 4) is 11.1 Å². The van der Waals surface area contributed by atoms with E-state index in [2.05, 4.69) is 4.98 Å². The van der Waals surface area contributed by atoms with Crippen molar-refractivity contribution in [1.82, 2.24) is 14.9 Å². The third-order valence-electron chi connectivity index (χ3n) is 5.84. The van der Waals surface area contributed by atoms with E-state index in [1.165, 1.54) is 12.1 Å². The molecule has 3 aromatic rings. The van der Waals surface area contributed by atoms with Gasteiger partial charge in [0.1, 0.15) is 5.82 Å². The van der Waals surface area contributed by atoms with Crippen LogP contribution in [0, 0.1) is 5.82 Å². The second-order valence-corrected chi connectivity index (χ2v) is 8.35. The number of amides is 2. The molecule has 1 aromatic heterocycles. The predicted octanol–water partition coefficient (Wildman–Crippen LogP) is 3.35. The van der Waals surface area contributed by atoms with E-state index >= 15 is 0 Å². The first-order valence-electron chi connectivity index (χ1n) is 10.8. The van der Waals surface area contributed by atoms with Gasteiger partial charge in [-0.15, -0.1) is 0 Å². The lowest BCUT2D eigenvalue weighted by molar-refractivity contribution is -0.131. The standard InChI is InChI=1S/C25H26FN5O2/c1-30(2)25-28-15-20(17-7-9-18(10-8-17)24(27)33)23(29-25)21-4-3-13-31(21)22(32)14-16-5-11-19(26)12-6-16/h5-12,15,21H,3-4,13-14H2,1-2H3,(H2,27,33)/t21-/m0/s1. The summed E-state index contributed by atoms with van der Waals surface area (Å²) in [6.07, 6.45) is 3.61. The van der Waals surface area contributed by atoms with Crippen molar-refractivity contribution in [2.24, 2.45) is 5.73 Å². The quantitative estimate of drug-likeness (QED) is 0.626. The smallest absolute Gasteiger partial charge is 0.248 e. The van der Waals surface area contributed by atoms with Crippen LogP contribution >= 0.6 is 0 Å². The summed E-state index contributed by atoms with van der Waals surface area (Å²) in [5, 5.41) is 0. The summed E-state index contributed by atoms with van der Waals surface area (Å²) in [6.45, 7) is 0.631. The molecule has 2 aromatic carbocycles. The first kappa shape index (κ1) is 22.4. The van der Waals surface area contributed by atoms with Gasteiger partial charge in [-0.25, -0.2) is 14.4 Å². The Bertz CT molecular complexity index is 1160. The Balaban J connectivity index is 1.69. The van der Waals surface area contributed by atoms with Crippen LogP contribution in [0.15, 0.2) is 54.7 Å². The molecule has 2 heterocycles. The highest BCUT2D eigenvalue weighted by Gasteiger charge is 2.33. The van der Waals surface area contributed by atoms with E-state index in [0.717, 1.165) is 35.2 Å². The molecule has 1 aliphatic heterocycles. The van der Waals surface area contributed by atoms with Gasteiger partial charge in [0.05, 0.1) is 18.2 Å². The zero-order chi connectivity index (χ0) is 23.5. The lowest BCUT2D eigenvalue weighted by Crippen LogP contribution is -2.32. The monoisotopic (exact) mass is 447 g/mol. The summed E-state index contributed by atoms with van der Waals surface area (Å²) in [5.74, 6) is -0.284. The number of aromatic nitrogens is 2. The normalized spacial score (nSPS) is 15.5. The van der Waals surface area contributed by atoms with E-state index in [4.69, 9.17) is 10.7 Å². The van der Waals surface area contributed by atoms with Crippen LogP contribution in [0.1, 0.15) is 40.5 Å². The number of hydrogen-bond acceptors (Lipinski definition) is 5. The molecule has 7 nitrogen and oxygen atoms in total. The molecular weight excluding hydrogens is 421 g/mol. The average Bonchev–Trinajstić information content (AvgIpc) is 3.30. The second-order valence-electron chi connectivity index (χ2n) is 8.35. The molecule has 0 spiro atoms. The number of nitrogens with two attached hydrogens (primary N) is 1. The number of nitrogens with zero attached hydrogens (tertiary/aromatic N) is 4. The van der Waals surface area contributed by atoms with Gasteiger partial charge in [-0.1, -0.05) is 24.3 Å². The minimum absolute atomic E-state index is 0.0239. The highest BCUT2D eigenvalue weighted by molar-refractivity contribution is 5.93. The Morgan fingerprint density at radius 1 is 1.12 bits per heavy atom. The van der Waals surface area contributed by atoms with Gasteiger partial charge < -0.3 is 15.5 Å². The molecule has 1 aliphatic rings. The van der Waals surface area contributed by atoms with Crippen LogP contribution in [-0.4, -0.2) is 47.3 Å². The molecule has 0 saturated carbocycles. The molecular formula is C25H26FN5O2. The number of carbonyl (C=O) groups is 2. The molecule has 0 unspecified atom stereocenters. The minimum atomic E-state index is -0.491. The van der Waals surface area contributed by atoms with Gasteiger partial charge in [0, 0.05) is 38.0 Å². The third-order valence-corrected chi connectivity index (χ3v) is 5.84. The van der Waals surface area contributed by atoms with Gasteiger partial charge in [0.25, 0.3) is 0 Å². The summed E-state index contributed by atoms with van der Waals surface area (Å²) in [6, 6.07) is 12.8. The maximum absolute atomic E-state index is 13.2. The maximum atomic E-state index is 13.2. The van der Waals surface area contributed by atoms with E-state index in [1.54, 1.807) is 30.5 Å². The molecule has 1 saturated heterocycles. The van der Waals surface area contributed by atoms with E-state index in [9.17, 15) is 14.0 Å². The zero-order valence-electron chi connectivity index (χ0n) is 18.7. The number of primary amides is 1. The van der Waals surface area contributed by atoms with Gasteiger partial charge in [-0.3, -0.25) is 9.59 Å². The molecule has 0 radical (unpaired) electrons. The van der Waals surface area contributed by atoms with E-state index in [0.29, 0.717) is 18.1 Å². The molecule has 1 fully saturated rings. The molecule has 0 bridgehead atoms. The fourth-order valence-electron chi connectivity index (χ4n) is 4.12. The first-order valence-corrected chi connectivity index (χ1v) is 10.8. The summed E-state index contributed by atoms with van der Waals surface area (Å²) in [7, 11) is 3.74. The molecule has 4 rings (SSSR count). The number of anilines is 1. The number of carbonyl (C=O) groups excluding carboxylic acids is 2. The molecule has 2 N–H and O–H groups in total. The van der Waals surface area contributed by atoms with Crippen LogP contribution in [-0.2, 0) is 11.2 Å². The second kappa shape index (κ2) is 9.36. The minimum Gasteiger partial charge on any atom is -0.366 e. The summed E-state index contributed by atoms with van der Waals surface area (Å²) < 4.78 is 13.2. The van der Waals surface area contributed by atoms with Crippen molar-refractivity contribution >= 4 is 17.8 Å². The molecule has 1 atom stereocenters. The van der Waals surface area contributed by atoms with Crippen molar-refractivity contribution in [2.45, 2.75) is 25.3 Å². The lowest BCUT2D eigenvalue weighted by atomic mass is 9.98. The van der Waals surface area contributed by atoms with Crippen LogP contribution in [0.2, 0.25) is 0 Å². The first-order chi connectivity index (χ1) is 15.8. The Morgan fingerprint density at radius 3 is 2.45 bits per heavy atom. The van der Waals surface area contributed by atoms with Crippen molar-refractivity contribution in [3.05, 3.63) is 77.4 Å². The van der Waals surface area contributed by atoms with Crippen LogP contribution in [0.25, 0.3) is 11.1 Å². The fraction of sp³-hybridized carbons (Fsp3) is 0.280. The average molecular weight is 448 g/mol. The Kier molecular flexibility index (Phi) is 6.35. The Morgan fingerprint density at radius 2 is 1.82 bits per heavy atom. The van der Waals surface area contributed by atoms with Crippen LogP contribution in [0.5, 0.6) is 0 Å². The molecule has 8 heteroatoms. The van der Waals surface area contributed by atoms with Gasteiger partial charge in [0.2, 0.25) is 17.8 Å². The van der Waals surface area contributed by atoms with E-state index in [-0.39, 0.29) is 24.2 Å². The van der Waals surface area contributed by atoms with Crippen LogP contribution in [0.3, 0.4) is 0 Å². The summed E-state index contributed by atoms with van der Waals surface area (Å²) in [5.41, 5.74) is 8.99. The molecule has 2 amide bonds. The van der Waals surface area contributed by atoms with Crippen molar-refractivity contribution < 1.29 is 14.0 Å². The van der Waals surface area contributed by atoms with Crippen molar-refractivity contribution in [1.29, 1.82) is 0 Å². The lowest BCUT2D eigenvalue weighted by Gasteiger charge is -2.27. The third kappa shape index (κ3) is 4.84. The highest BCUT2D eigenvalue weighted by Crippen LogP contribution is 2.37. The predicted molar refractivity (Wildman–Crippen MR) is 124 cm³/mol. The number of rotatable bonds is 6. The SMILES string of the molecule is CN(C)c1ncc(-c2ccc(C(N)=O)cc2)c([C@@H]2CCCN2C(=O)Cc2ccc(F)cc2)n1. The maximum Gasteiger partial charge on any atom is 0.248 e. The van der Waals surface area contributed by atoms with Gasteiger partial charge in [0.15, 0.2) is 0 Å². The summed E-state index contributed by atoms with van der Waals surface area (Å²) >= 11 is 0. The fourth-order valence-corrected chi connectivity index (χ4v) is 4.12. The Hall–Kier alpha value is -3.81. The van der Waals surface area contributed by atoms with Gasteiger partial charge >= 0.3 is 0 Å². The van der Waals surface area contributed by atoms with Crippen molar-refractivity contribution in [2.75, 3.05) is 25.5 Å². The van der Waals surface area contributed by atoms with Crippen molar-refractivity contribution in [3.63, 3.8) is 0 Å². The summed E-state index contributed by atoms with van der Waals surface area (Å²) in [4.78, 5) is 37.6. The molecule has 33 heavy (non-hydrogen) atoms. The number of benzene rings is 2. The largest absolute Gasteiger partial charge is 0.366 e. The molecule has 0 aliphatic carbocycles. The Labute approximate surface area is 192 Å². The number of likely N-dealkylation sites (tertiary alicyclic amines) is 1. The number of halogens is 1. The van der Waals surface area contributed by atoms with Gasteiger partial charge in [-0.05, 0) is 48.2 Å². The van der Waals surface area contributed by atoms with Crippen LogP contribution < -0.4 is 10.6 Å². The van der Waals surface area contributed by atoms with Crippen LogP contribution in [0.4, 0.5) is 10.3 Å².